The molecule has 4 rings (SSSR count). The number of benzene rings is 2. The van der Waals surface area contributed by atoms with Gasteiger partial charge in [0.05, 0.1) is 32.9 Å². The Labute approximate surface area is 224 Å². The van der Waals surface area contributed by atoms with E-state index >= 15 is 0 Å². The van der Waals surface area contributed by atoms with Crippen LogP contribution >= 0.6 is 31.9 Å². The van der Waals surface area contributed by atoms with Crippen molar-refractivity contribution >= 4 is 43.5 Å². The molecule has 1 saturated heterocycles. The van der Waals surface area contributed by atoms with Crippen molar-refractivity contribution in [3.05, 3.63) is 44.3 Å². The highest BCUT2D eigenvalue weighted by atomic mass is 79.9. The molecule has 2 aromatic rings. The molecule has 7 nitrogen and oxygen atoms in total. The maximum absolute atomic E-state index is 13.0. The maximum atomic E-state index is 13.0. The smallest absolute Gasteiger partial charge is 0.227 e. The molecule has 2 aliphatic heterocycles. The second kappa shape index (κ2) is 11.8. The second-order valence-electron chi connectivity index (χ2n) is 9.20. The van der Waals surface area contributed by atoms with Gasteiger partial charge in [-0.15, -0.1) is 0 Å². The van der Waals surface area contributed by atoms with Gasteiger partial charge in [-0.05, 0) is 99.0 Å². The lowest BCUT2D eigenvalue weighted by Crippen LogP contribution is -2.37. The number of nitrogens with zero attached hydrogens (tertiary/aromatic N) is 2. The van der Waals surface area contributed by atoms with Crippen LogP contribution in [0.1, 0.15) is 24.0 Å². The zero-order chi connectivity index (χ0) is 24.9. The van der Waals surface area contributed by atoms with Gasteiger partial charge >= 0.3 is 0 Å². The van der Waals surface area contributed by atoms with Crippen LogP contribution in [0, 0.1) is 5.92 Å². The van der Waals surface area contributed by atoms with Crippen molar-refractivity contribution in [2.75, 3.05) is 59.3 Å². The van der Waals surface area contributed by atoms with Crippen LogP contribution < -0.4 is 19.9 Å². The number of carbonyl (C=O) groups excluding carboxylic acids is 1. The Morgan fingerprint density at radius 1 is 1.03 bits per heavy atom. The van der Waals surface area contributed by atoms with E-state index in [9.17, 15) is 4.79 Å². The van der Waals surface area contributed by atoms with E-state index < -0.39 is 0 Å². The number of hydrogen-bond donors (Lipinski definition) is 1. The Morgan fingerprint density at radius 3 is 2.40 bits per heavy atom. The minimum absolute atomic E-state index is 0.198. The topological polar surface area (TPSA) is 77.3 Å². The first-order chi connectivity index (χ1) is 16.9. The lowest BCUT2D eigenvalue weighted by molar-refractivity contribution is -0.130. The molecule has 0 aliphatic carbocycles. The third-order valence-electron chi connectivity index (χ3n) is 6.84. The lowest BCUT2D eigenvalue weighted by Gasteiger charge is -2.24. The molecule has 0 bridgehead atoms. The van der Waals surface area contributed by atoms with E-state index in [4.69, 9.17) is 19.9 Å². The number of fused-ring (bicyclic) bond motifs is 1. The molecule has 35 heavy (non-hydrogen) atoms. The molecule has 190 valence electrons. The minimum Gasteiger partial charge on any atom is -0.493 e. The monoisotopic (exact) mass is 609 g/mol. The third-order valence-corrected chi connectivity index (χ3v) is 8.15. The zero-order valence-corrected chi connectivity index (χ0v) is 23.5. The van der Waals surface area contributed by atoms with Gasteiger partial charge in [-0.2, -0.15) is 0 Å². The van der Waals surface area contributed by atoms with Crippen LogP contribution in [0.5, 0.6) is 17.2 Å². The Bertz CT molecular complexity index is 1040. The Balaban J connectivity index is 1.23. The van der Waals surface area contributed by atoms with Crippen molar-refractivity contribution < 1.29 is 19.0 Å². The summed E-state index contributed by atoms with van der Waals surface area (Å²) in [5.74, 6) is 2.91. The molecule has 0 saturated carbocycles. The first kappa shape index (κ1) is 26.1. The maximum Gasteiger partial charge on any atom is 0.227 e. The fourth-order valence-electron chi connectivity index (χ4n) is 4.91. The quantitative estimate of drug-likeness (QED) is 0.332. The molecule has 1 amide bonds. The standard InChI is InChI=1S/C26H33Br2N3O4/c1-33-23-10-18-5-8-31(25(32)12-19(18)11-24(23)34-2)16-17-4-7-30(15-17)6-3-9-35-20-13-21(27)26(29)22(28)14-20/h10-11,13-14,17H,3-9,12,15-16,29H2,1-2H3. The molecular weight excluding hydrogens is 578 g/mol. The zero-order valence-electron chi connectivity index (χ0n) is 20.3. The van der Waals surface area contributed by atoms with Gasteiger partial charge in [0.25, 0.3) is 0 Å². The molecule has 2 aliphatic rings. The van der Waals surface area contributed by atoms with Crippen LogP contribution in [0.25, 0.3) is 0 Å². The van der Waals surface area contributed by atoms with Gasteiger partial charge in [0.1, 0.15) is 5.75 Å². The number of methoxy groups -OCH3 is 2. The molecule has 1 fully saturated rings. The molecule has 1 atom stereocenters. The largest absolute Gasteiger partial charge is 0.493 e. The average Bonchev–Trinajstić information content (AvgIpc) is 3.23. The number of anilines is 1. The van der Waals surface area contributed by atoms with Gasteiger partial charge in [0.2, 0.25) is 5.91 Å². The Kier molecular flexibility index (Phi) is 8.83. The number of ether oxygens (including phenoxy) is 3. The van der Waals surface area contributed by atoms with Crippen molar-refractivity contribution in [1.29, 1.82) is 0 Å². The fraction of sp³-hybridized carbons (Fsp3) is 0.500. The fourth-order valence-corrected chi connectivity index (χ4v) is 6.05. The summed E-state index contributed by atoms with van der Waals surface area (Å²) in [4.78, 5) is 17.6. The Morgan fingerprint density at radius 2 is 1.71 bits per heavy atom. The number of hydrogen-bond acceptors (Lipinski definition) is 6. The van der Waals surface area contributed by atoms with Crippen LogP contribution in [0.15, 0.2) is 33.2 Å². The molecule has 2 heterocycles. The molecule has 2 N–H and O–H groups in total. The van der Waals surface area contributed by atoms with Gasteiger partial charge in [-0.1, -0.05) is 0 Å². The van der Waals surface area contributed by atoms with Crippen molar-refractivity contribution in [2.45, 2.75) is 25.7 Å². The lowest BCUT2D eigenvalue weighted by atomic mass is 10.0. The summed E-state index contributed by atoms with van der Waals surface area (Å²) in [6, 6.07) is 7.77. The van der Waals surface area contributed by atoms with E-state index in [0.29, 0.717) is 30.4 Å². The highest BCUT2D eigenvalue weighted by Crippen LogP contribution is 2.34. The number of rotatable bonds is 9. The van der Waals surface area contributed by atoms with Gasteiger partial charge in [0.15, 0.2) is 11.5 Å². The van der Waals surface area contributed by atoms with Crippen molar-refractivity contribution in [3.63, 3.8) is 0 Å². The summed E-state index contributed by atoms with van der Waals surface area (Å²) >= 11 is 6.91. The van der Waals surface area contributed by atoms with Gasteiger partial charge in [-0.3, -0.25) is 4.79 Å². The molecular formula is C26H33Br2N3O4. The predicted octanol–water partition coefficient (Wildman–Crippen LogP) is 4.53. The van der Waals surface area contributed by atoms with Gasteiger partial charge in [0, 0.05) is 35.1 Å². The number of carbonyl (C=O) groups is 1. The minimum atomic E-state index is 0.198. The highest BCUT2D eigenvalue weighted by molar-refractivity contribution is 9.11. The van der Waals surface area contributed by atoms with Crippen molar-refractivity contribution in [1.82, 2.24) is 9.80 Å². The number of nitrogens with two attached hydrogens (primary N) is 1. The van der Waals surface area contributed by atoms with Crippen LogP contribution in [-0.4, -0.2) is 69.3 Å². The van der Waals surface area contributed by atoms with Crippen LogP contribution in [-0.2, 0) is 17.6 Å². The summed E-state index contributed by atoms with van der Waals surface area (Å²) in [5, 5.41) is 0. The van der Waals surface area contributed by atoms with Crippen LogP contribution in [0.4, 0.5) is 5.69 Å². The predicted molar refractivity (Wildman–Crippen MR) is 144 cm³/mol. The first-order valence-electron chi connectivity index (χ1n) is 12.0. The molecule has 0 aromatic heterocycles. The Hall–Kier alpha value is -1.97. The molecule has 1 unspecified atom stereocenters. The van der Waals surface area contributed by atoms with Crippen LogP contribution in [0.3, 0.4) is 0 Å². The van der Waals surface area contributed by atoms with Crippen molar-refractivity contribution in [2.24, 2.45) is 5.92 Å². The van der Waals surface area contributed by atoms with E-state index in [1.54, 1.807) is 14.2 Å². The molecule has 0 spiro atoms. The van der Waals surface area contributed by atoms with Gasteiger partial charge < -0.3 is 29.7 Å². The number of likely N-dealkylation sites (tertiary alicyclic amines) is 1. The summed E-state index contributed by atoms with van der Waals surface area (Å²) in [5.41, 5.74) is 8.83. The third kappa shape index (κ3) is 6.43. The first-order valence-corrected chi connectivity index (χ1v) is 13.6. The normalized spacial score (nSPS) is 18.3. The van der Waals surface area contributed by atoms with E-state index in [1.165, 1.54) is 5.56 Å². The second-order valence-corrected chi connectivity index (χ2v) is 10.9. The van der Waals surface area contributed by atoms with E-state index in [0.717, 1.165) is 78.0 Å². The summed E-state index contributed by atoms with van der Waals surface area (Å²) < 4.78 is 18.4. The van der Waals surface area contributed by atoms with Crippen LogP contribution in [0.2, 0.25) is 0 Å². The molecule has 9 heteroatoms. The van der Waals surface area contributed by atoms with Crippen molar-refractivity contribution in [3.8, 4) is 17.2 Å². The summed E-state index contributed by atoms with van der Waals surface area (Å²) in [7, 11) is 3.27. The highest BCUT2D eigenvalue weighted by Gasteiger charge is 2.28. The summed E-state index contributed by atoms with van der Waals surface area (Å²) in [6.07, 6.45) is 3.33. The van der Waals surface area contributed by atoms with E-state index in [-0.39, 0.29) is 5.91 Å². The average molecular weight is 611 g/mol. The number of halogens is 2. The molecule has 0 radical (unpaired) electrons. The van der Waals surface area contributed by atoms with Gasteiger partial charge in [-0.25, -0.2) is 0 Å². The van der Waals surface area contributed by atoms with E-state index in [2.05, 4.69) is 36.8 Å². The number of amides is 1. The molecule has 2 aromatic carbocycles. The SMILES string of the molecule is COc1cc2c(cc1OC)CC(=O)N(CC1CCN(CCCOc3cc(Br)c(N)c(Br)c3)C1)CC2. The number of nitrogen functional groups attached to an aromatic ring is 1. The van der Waals surface area contributed by atoms with E-state index in [1.807, 2.05) is 29.2 Å². The summed E-state index contributed by atoms with van der Waals surface area (Å²) in [6.45, 7) is 5.31.